The molecule has 0 saturated heterocycles. The van der Waals surface area contributed by atoms with Crippen molar-refractivity contribution in [1.29, 1.82) is 0 Å². The molecular weight excluding hydrogens is 342 g/mol. The molecule has 7 nitrogen and oxygen atoms in total. The summed E-state index contributed by atoms with van der Waals surface area (Å²) in [5, 5.41) is 27.3. The van der Waals surface area contributed by atoms with E-state index >= 15 is 0 Å². The number of para-hydroxylation sites is 1. The van der Waals surface area contributed by atoms with Crippen LogP contribution in [0.25, 0.3) is 5.69 Å². The lowest BCUT2D eigenvalue weighted by Gasteiger charge is -2.30. The number of anilines is 1. The van der Waals surface area contributed by atoms with Crippen LogP contribution in [0.2, 0.25) is 0 Å². The second-order valence-corrected chi connectivity index (χ2v) is 6.98. The maximum absolute atomic E-state index is 11.2. The highest BCUT2D eigenvalue weighted by Gasteiger charge is 2.41. The van der Waals surface area contributed by atoms with E-state index in [0.717, 1.165) is 48.4 Å². The Bertz CT molecular complexity index is 976. The number of benzene rings is 2. The summed E-state index contributed by atoms with van der Waals surface area (Å²) in [6.45, 7) is 2.03. The van der Waals surface area contributed by atoms with Gasteiger partial charge in [0.25, 0.3) is 0 Å². The molecule has 4 rings (SSSR count). The smallest absolute Gasteiger partial charge is 0.181 e. The second kappa shape index (κ2) is 6.83. The van der Waals surface area contributed by atoms with Crippen LogP contribution < -0.4 is 10.4 Å². The largest absolute Gasteiger partial charge is 0.545 e. The van der Waals surface area contributed by atoms with E-state index in [-0.39, 0.29) is 5.56 Å². The van der Waals surface area contributed by atoms with Gasteiger partial charge in [-0.2, -0.15) is 4.68 Å². The van der Waals surface area contributed by atoms with E-state index < -0.39 is 11.5 Å². The molecule has 1 N–H and O–H groups in total. The number of carboxylic acid groups (broad SMARTS) is 1. The average molecular weight is 362 g/mol. The zero-order valence-electron chi connectivity index (χ0n) is 15.1. The molecule has 138 valence electrons. The van der Waals surface area contributed by atoms with Crippen molar-refractivity contribution in [2.45, 2.75) is 38.1 Å². The van der Waals surface area contributed by atoms with Crippen molar-refractivity contribution in [3.05, 3.63) is 65.5 Å². The van der Waals surface area contributed by atoms with Crippen LogP contribution in [0.1, 0.15) is 47.4 Å². The summed E-state index contributed by atoms with van der Waals surface area (Å²) in [6, 6.07) is 14.7. The fraction of sp³-hybridized carbons (Fsp3) is 0.300. The molecule has 7 heteroatoms. The number of aromatic nitrogens is 4. The molecule has 0 amide bonds. The van der Waals surface area contributed by atoms with E-state index in [0.29, 0.717) is 0 Å². The van der Waals surface area contributed by atoms with Crippen molar-refractivity contribution in [2.75, 3.05) is 5.32 Å². The first-order valence-electron chi connectivity index (χ1n) is 9.03. The molecule has 0 bridgehead atoms. The summed E-state index contributed by atoms with van der Waals surface area (Å²) >= 11 is 0. The number of aryl methyl sites for hydroxylation is 1. The Kier molecular flexibility index (Phi) is 4.35. The number of nitrogens with one attached hydrogen (secondary N) is 1. The highest BCUT2D eigenvalue weighted by atomic mass is 16.4. The lowest BCUT2D eigenvalue weighted by atomic mass is 9.95. The van der Waals surface area contributed by atoms with Crippen molar-refractivity contribution < 1.29 is 9.90 Å². The number of hydrogen-bond donors (Lipinski definition) is 1. The molecule has 0 atom stereocenters. The van der Waals surface area contributed by atoms with Crippen LogP contribution in [-0.4, -0.2) is 26.2 Å². The Hall–Kier alpha value is -3.22. The number of hydrogen-bond acceptors (Lipinski definition) is 6. The van der Waals surface area contributed by atoms with E-state index in [1.54, 1.807) is 16.8 Å². The molecule has 1 fully saturated rings. The topological polar surface area (TPSA) is 95.8 Å². The number of aromatic carboxylic acids is 1. The lowest BCUT2D eigenvalue weighted by Crippen LogP contribution is -2.35. The van der Waals surface area contributed by atoms with Crippen molar-refractivity contribution in [2.24, 2.45) is 0 Å². The number of carbonyl (C=O) groups is 1. The van der Waals surface area contributed by atoms with Crippen LogP contribution in [0.15, 0.2) is 48.5 Å². The van der Waals surface area contributed by atoms with E-state index in [4.69, 9.17) is 0 Å². The first kappa shape index (κ1) is 17.2. The maximum atomic E-state index is 11.2. The molecule has 3 aromatic rings. The number of carboxylic acids is 1. The summed E-state index contributed by atoms with van der Waals surface area (Å²) in [7, 11) is 0. The molecule has 27 heavy (non-hydrogen) atoms. The fourth-order valence-electron chi connectivity index (χ4n) is 3.83. The van der Waals surface area contributed by atoms with E-state index in [1.165, 1.54) is 6.07 Å². The predicted molar refractivity (Wildman–Crippen MR) is 98.4 cm³/mol. The summed E-state index contributed by atoms with van der Waals surface area (Å²) in [6.07, 6.45) is 3.84. The maximum Gasteiger partial charge on any atom is 0.181 e. The molecule has 1 aliphatic rings. The minimum Gasteiger partial charge on any atom is -0.545 e. The minimum absolute atomic E-state index is 0.145. The van der Waals surface area contributed by atoms with Crippen LogP contribution in [0.3, 0.4) is 0 Å². The van der Waals surface area contributed by atoms with Gasteiger partial charge in [0.15, 0.2) is 5.82 Å². The highest BCUT2D eigenvalue weighted by molar-refractivity contribution is 5.87. The molecule has 1 heterocycles. The van der Waals surface area contributed by atoms with Crippen molar-refractivity contribution in [1.82, 2.24) is 20.2 Å². The van der Waals surface area contributed by atoms with Crippen molar-refractivity contribution >= 4 is 11.7 Å². The van der Waals surface area contributed by atoms with Gasteiger partial charge in [0.2, 0.25) is 0 Å². The van der Waals surface area contributed by atoms with Gasteiger partial charge < -0.3 is 15.2 Å². The molecule has 0 radical (unpaired) electrons. The number of nitrogens with zero attached hydrogens (tertiary/aromatic N) is 4. The minimum atomic E-state index is -1.19. The van der Waals surface area contributed by atoms with Crippen molar-refractivity contribution in [3.63, 3.8) is 0 Å². The van der Waals surface area contributed by atoms with Gasteiger partial charge >= 0.3 is 0 Å². The SMILES string of the molecule is Cc1ccccc1-n1nnnc1C1(Nc2cccc(C(=O)[O-])c2)CCCC1. The molecule has 1 aliphatic carbocycles. The molecule has 1 saturated carbocycles. The third-order valence-electron chi connectivity index (χ3n) is 5.18. The second-order valence-electron chi connectivity index (χ2n) is 6.98. The van der Waals surface area contributed by atoms with Gasteiger partial charge in [-0.15, -0.1) is 5.10 Å². The average Bonchev–Trinajstić information content (AvgIpc) is 3.32. The Morgan fingerprint density at radius 2 is 1.93 bits per heavy atom. The number of rotatable bonds is 5. The summed E-state index contributed by atoms with van der Waals surface area (Å²) < 4.78 is 1.79. The fourth-order valence-corrected chi connectivity index (χ4v) is 3.83. The van der Waals surface area contributed by atoms with E-state index in [1.807, 2.05) is 37.3 Å². The van der Waals surface area contributed by atoms with Gasteiger partial charge in [0, 0.05) is 5.69 Å². The standard InChI is InChI=1S/C20H21N5O2/c1-14-7-2-3-10-17(14)25-19(22-23-24-25)20(11-4-5-12-20)21-16-9-6-8-15(13-16)18(26)27/h2-3,6-10,13,21H,4-5,11-12H2,1H3,(H,26,27)/p-1. The lowest BCUT2D eigenvalue weighted by molar-refractivity contribution is -0.255. The molecule has 0 spiro atoms. The molecular formula is C20H20N5O2-. The summed E-state index contributed by atoms with van der Waals surface area (Å²) in [4.78, 5) is 11.2. The summed E-state index contributed by atoms with van der Waals surface area (Å²) in [5.74, 6) is -0.447. The zero-order valence-corrected chi connectivity index (χ0v) is 15.1. The number of carbonyl (C=O) groups excluding carboxylic acids is 1. The number of tetrazole rings is 1. The first-order chi connectivity index (χ1) is 13.1. The Balaban J connectivity index is 1.76. The van der Waals surface area contributed by atoms with Gasteiger partial charge in [0.1, 0.15) is 0 Å². The van der Waals surface area contributed by atoms with E-state index in [9.17, 15) is 9.90 Å². The molecule has 1 aromatic heterocycles. The van der Waals surface area contributed by atoms with Crippen LogP contribution in [0, 0.1) is 6.92 Å². The Labute approximate surface area is 157 Å². The van der Waals surface area contributed by atoms with E-state index in [2.05, 4.69) is 20.8 Å². The Morgan fingerprint density at radius 3 is 2.67 bits per heavy atom. The molecule has 0 aliphatic heterocycles. The van der Waals surface area contributed by atoms with Gasteiger partial charge in [-0.3, -0.25) is 0 Å². The summed E-state index contributed by atoms with van der Waals surface area (Å²) in [5.41, 5.74) is 2.44. The monoisotopic (exact) mass is 362 g/mol. The van der Waals surface area contributed by atoms with Crippen LogP contribution in [-0.2, 0) is 5.54 Å². The third-order valence-corrected chi connectivity index (χ3v) is 5.18. The molecule has 2 aromatic carbocycles. The van der Waals surface area contributed by atoms with Gasteiger partial charge in [-0.1, -0.05) is 43.2 Å². The van der Waals surface area contributed by atoms with Crippen molar-refractivity contribution in [3.8, 4) is 5.69 Å². The van der Waals surface area contributed by atoms with Gasteiger partial charge in [-0.25, -0.2) is 0 Å². The molecule has 0 unspecified atom stereocenters. The van der Waals surface area contributed by atoms with Gasteiger partial charge in [-0.05, 0) is 59.5 Å². The highest BCUT2D eigenvalue weighted by Crippen LogP contribution is 2.41. The zero-order chi connectivity index (χ0) is 18.9. The van der Waals surface area contributed by atoms with Gasteiger partial charge in [0.05, 0.1) is 17.2 Å². The van der Waals surface area contributed by atoms with Crippen LogP contribution >= 0.6 is 0 Å². The van der Waals surface area contributed by atoms with Crippen LogP contribution in [0.5, 0.6) is 0 Å². The first-order valence-corrected chi connectivity index (χ1v) is 9.03. The third kappa shape index (κ3) is 3.16. The normalized spacial score (nSPS) is 15.6. The quantitative estimate of drug-likeness (QED) is 0.748. The predicted octanol–water partition coefficient (Wildman–Crippen LogP) is 2.22. The Morgan fingerprint density at radius 1 is 1.15 bits per heavy atom. The van der Waals surface area contributed by atoms with Crippen LogP contribution in [0.4, 0.5) is 5.69 Å².